The molecule has 0 saturated carbocycles. The second-order valence-electron chi connectivity index (χ2n) is 8.04. The Hall–Kier alpha value is -2.73. The Labute approximate surface area is 213 Å². The molecule has 35 heavy (non-hydrogen) atoms. The van der Waals surface area contributed by atoms with Crippen LogP contribution in [0.3, 0.4) is 0 Å². The first-order chi connectivity index (χ1) is 16.8. The fourth-order valence-electron chi connectivity index (χ4n) is 3.67. The maximum absolute atomic E-state index is 12.8. The van der Waals surface area contributed by atoms with E-state index in [1.807, 2.05) is 6.07 Å². The van der Waals surface area contributed by atoms with E-state index in [1.165, 1.54) is 22.7 Å². The van der Waals surface area contributed by atoms with Gasteiger partial charge in [0, 0.05) is 30.2 Å². The van der Waals surface area contributed by atoms with Crippen LogP contribution in [0.2, 0.25) is 5.02 Å². The number of amides is 2. The number of anilines is 1. The van der Waals surface area contributed by atoms with Gasteiger partial charge in [-0.25, -0.2) is 8.42 Å². The van der Waals surface area contributed by atoms with Crippen LogP contribution in [-0.4, -0.2) is 54.3 Å². The van der Waals surface area contributed by atoms with E-state index in [9.17, 15) is 18.0 Å². The number of nitrogens with zero attached hydrogens (tertiary/aromatic N) is 3. The van der Waals surface area contributed by atoms with Gasteiger partial charge in [0.15, 0.2) is 5.17 Å². The molecule has 2 aliphatic heterocycles. The molecule has 2 aromatic carbocycles. The summed E-state index contributed by atoms with van der Waals surface area (Å²) in [6.07, 6.45) is 4.21. The molecule has 0 bridgehead atoms. The Balaban J connectivity index is 1.31. The van der Waals surface area contributed by atoms with Gasteiger partial charge in [0.25, 0.3) is 0 Å². The first-order valence-electron chi connectivity index (χ1n) is 11.1. The lowest BCUT2D eigenvalue weighted by atomic mass is 10.2. The molecule has 2 aromatic rings. The maximum Gasteiger partial charge on any atom is 0.243 e. The van der Waals surface area contributed by atoms with Gasteiger partial charge < -0.3 is 10.6 Å². The Morgan fingerprint density at radius 2 is 1.91 bits per heavy atom. The van der Waals surface area contributed by atoms with Crippen molar-refractivity contribution in [1.82, 2.24) is 9.62 Å². The standard InChI is InChI=1S/C23H24ClN5O4S2/c24-17-6-4-5-16(13-17)15-25-28-23-27-22(31)20(34-23)14-21(30)26-18-7-9-19(10-8-18)35(32,33)29-11-2-1-3-12-29/h4-10,13,15,20H,1-3,11-12,14H2,(H,26,30)(H,27,28,31). The Morgan fingerprint density at radius 1 is 1.17 bits per heavy atom. The molecule has 0 aliphatic carbocycles. The molecule has 184 valence electrons. The van der Waals surface area contributed by atoms with Gasteiger partial charge in [0.05, 0.1) is 11.1 Å². The van der Waals surface area contributed by atoms with Crippen molar-refractivity contribution in [2.75, 3.05) is 18.4 Å². The first kappa shape index (κ1) is 25.4. The van der Waals surface area contributed by atoms with Crippen molar-refractivity contribution in [3.05, 3.63) is 59.1 Å². The third-order valence-corrected chi connectivity index (χ3v) is 8.66. The average Bonchev–Trinajstić information content (AvgIpc) is 3.18. The fraction of sp³-hybridized carbons (Fsp3) is 0.304. The zero-order valence-electron chi connectivity index (χ0n) is 18.7. The zero-order valence-corrected chi connectivity index (χ0v) is 21.1. The summed E-state index contributed by atoms with van der Waals surface area (Å²) in [6.45, 7) is 1.05. The highest BCUT2D eigenvalue weighted by Gasteiger charge is 2.32. The van der Waals surface area contributed by atoms with Gasteiger partial charge >= 0.3 is 0 Å². The molecule has 0 spiro atoms. The first-order valence-corrected chi connectivity index (χ1v) is 13.8. The summed E-state index contributed by atoms with van der Waals surface area (Å²) in [7, 11) is -3.53. The number of sulfonamides is 1. The van der Waals surface area contributed by atoms with Gasteiger partial charge in [-0.15, -0.1) is 5.10 Å². The van der Waals surface area contributed by atoms with E-state index in [2.05, 4.69) is 20.8 Å². The van der Waals surface area contributed by atoms with Crippen LogP contribution in [0.15, 0.2) is 63.6 Å². The van der Waals surface area contributed by atoms with Crippen molar-refractivity contribution in [1.29, 1.82) is 0 Å². The van der Waals surface area contributed by atoms with Crippen LogP contribution in [0, 0.1) is 0 Å². The minimum Gasteiger partial charge on any atom is -0.326 e. The molecule has 2 amide bonds. The van der Waals surface area contributed by atoms with Crippen LogP contribution >= 0.6 is 23.4 Å². The molecule has 0 radical (unpaired) electrons. The third kappa shape index (κ3) is 6.69. The maximum atomic E-state index is 12.8. The molecular weight excluding hydrogens is 510 g/mol. The summed E-state index contributed by atoms with van der Waals surface area (Å²) < 4.78 is 27.0. The van der Waals surface area contributed by atoms with Crippen molar-refractivity contribution in [3.63, 3.8) is 0 Å². The topological polar surface area (TPSA) is 120 Å². The number of carbonyl (C=O) groups is 2. The van der Waals surface area contributed by atoms with E-state index < -0.39 is 15.3 Å². The molecule has 2 saturated heterocycles. The van der Waals surface area contributed by atoms with Gasteiger partial charge in [-0.05, 0) is 54.8 Å². The van der Waals surface area contributed by atoms with Gasteiger partial charge in [0.2, 0.25) is 21.8 Å². The normalized spacial score (nSPS) is 20.3. The van der Waals surface area contributed by atoms with Crippen LogP contribution in [-0.2, 0) is 19.6 Å². The summed E-state index contributed by atoms with van der Waals surface area (Å²) in [5.74, 6) is -0.696. The Morgan fingerprint density at radius 3 is 2.63 bits per heavy atom. The van der Waals surface area contributed by atoms with Crippen LogP contribution in [0.5, 0.6) is 0 Å². The number of halogens is 1. The van der Waals surface area contributed by atoms with Crippen LogP contribution < -0.4 is 10.6 Å². The van der Waals surface area contributed by atoms with Crippen LogP contribution in [0.25, 0.3) is 0 Å². The minimum atomic E-state index is -3.53. The molecule has 2 aliphatic rings. The molecule has 2 heterocycles. The lowest BCUT2D eigenvalue weighted by molar-refractivity contribution is -0.122. The van der Waals surface area contributed by atoms with Gasteiger partial charge in [-0.3, -0.25) is 9.59 Å². The number of amidine groups is 1. The fourth-order valence-corrected chi connectivity index (χ4v) is 6.31. The van der Waals surface area contributed by atoms with E-state index in [0.717, 1.165) is 36.6 Å². The highest BCUT2D eigenvalue weighted by molar-refractivity contribution is 8.15. The number of piperidine rings is 1. The van der Waals surface area contributed by atoms with Crippen LogP contribution in [0.1, 0.15) is 31.2 Å². The number of carbonyl (C=O) groups excluding carboxylic acids is 2. The molecule has 2 N–H and O–H groups in total. The molecule has 4 rings (SSSR count). The molecule has 12 heteroatoms. The number of nitrogens with one attached hydrogen (secondary N) is 2. The SMILES string of the molecule is O=C(CC1S/C(=N/N=Cc2cccc(Cl)c2)NC1=O)Nc1ccc(S(=O)(=O)N2CCCCC2)cc1. The number of rotatable bonds is 7. The van der Waals surface area contributed by atoms with E-state index in [-0.39, 0.29) is 23.1 Å². The van der Waals surface area contributed by atoms with Crippen molar-refractivity contribution in [2.45, 2.75) is 35.8 Å². The van der Waals surface area contributed by atoms with Crippen LogP contribution in [0.4, 0.5) is 5.69 Å². The molecule has 1 unspecified atom stereocenters. The van der Waals surface area contributed by atoms with Crippen molar-refractivity contribution in [2.24, 2.45) is 10.2 Å². The molecule has 1 atom stereocenters. The highest BCUT2D eigenvalue weighted by Crippen LogP contribution is 2.24. The summed E-state index contributed by atoms with van der Waals surface area (Å²) in [5, 5.41) is 13.5. The lowest BCUT2D eigenvalue weighted by Gasteiger charge is -2.25. The average molecular weight is 534 g/mol. The number of benzene rings is 2. The zero-order chi connectivity index (χ0) is 24.8. The van der Waals surface area contributed by atoms with Crippen molar-refractivity contribution < 1.29 is 18.0 Å². The van der Waals surface area contributed by atoms with E-state index in [1.54, 1.807) is 30.3 Å². The molecule has 0 aromatic heterocycles. The van der Waals surface area contributed by atoms with Crippen molar-refractivity contribution in [3.8, 4) is 0 Å². The van der Waals surface area contributed by atoms with E-state index >= 15 is 0 Å². The van der Waals surface area contributed by atoms with E-state index in [4.69, 9.17) is 11.6 Å². The van der Waals surface area contributed by atoms with E-state index in [0.29, 0.717) is 29.0 Å². The van der Waals surface area contributed by atoms with Gasteiger partial charge in [-0.1, -0.05) is 41.9 Å². The summed E-state index contributed by atoms with van der Waals surface area (Å²) >= 11 is 7.05. The largest absolute Gasteiger partial charge is 0.326 e. The Bertz CT molecular complexity index is 1260. The second kappa shape index (κ2) is 11.3. The summed E-state index contributed by atoms with van der Waals surface area (Å²) in [5.41, 5.74) is 1.22. The predicted molar refractivity (Wildman–Crippen MR) is 138 cm³/mol. The molecule has 2 fully saturated rings. The summed E-state index contributed by atoms with van der Waals surface area (Å²) in [6, 6.07) is 13.2. The lowest BCUT2D eigenvalue weighted by Crippen LogP contribution is -2.35. The Kier molecular flexibility index (Phi) is 8.22. The van der Waals surface area contributed by atoms with Gasteiger partial charge in [-0.2, -0.15) is 9.41 Å². The molecular formula is C23H24ClN5O4S2. The summed E-state index contributed by atoms with van der Waals surface area (Å²) in [4.78, 5) is 24.9. The number of hydrogen-bond donors (Lipinski definition) is 2. The minimum absolute atomic E-state index is 0.0681. The predicted octanol–water partition coefficient (Wildman–Crippen LogP) is 3.46. The molecule has 9 nitrogen and oxygen atoms in total. The quantitative estimate of drug-likeness (QED) is 0.417. The van der Waals surface area contributed by atoms with Crippen molar-refractivity contribution >= 4 is 62.3 Å². The number of hydrogen-bond acceptors (Lipinski definition) is 7. The number of thioether (sulfide) groups is 1. The van der Waals surface area contributed by atoms with Gasteiger partial charge in [0.1, 0.15) is 5.25 Å². The highest BCUT2D eigenvalue weighted by atomic mass is 35.5. The second-order valence-corrected chi connectivity index (χ2v) is 11.6. The smallest absolute Gasteiger partial charge is 0.243 e. The monoisotopic (exact) mass is 533 g/mol. The third-order valence-electron chi connectivity index (χ3n) is 5.44.